The molecule has 1 aliphatic carbocycles. The van der Waals surface area contributed by atoms with Gasteiger partial charge in [-0.15, -0.1) is 0 Å². The van der Waals surface area contributed by atoms with Gasteiger partial charge < -0.3 is 15.0 Å². The van der Waals surface area contributed by atoms with Crippen molar-refractivity contribution in [2.45, 2.75) is 70.9 Å². The number of nitrogens with two attached hydrogens (primary N) is 1. The van der Waals surface area contributed by atoms with Crippen LogP contribution in [-0.4, -0.2) is 16.7 Å². The lowest BCUT2D eigenvalue weighted by atomic mass is 9.85. The van der Waals surface area contributed by atoms with Crippen molar-refractivity contribution >= 4 is 0 Å². The highest BCUT2D eigenvalue weighted by Gasteiger charge is 2.30. The van der Waals surface area contributed by atoms with Gasteiger partial charge in [-0.05, 0) is 32.1 Å². The van der Waals surface area contributed by atoms with E-state index in [1.165, 1.54) is 32.1 Å². The van der Waals surface area contributed by atoms with Crippen molar-refractivity contribution in [1.82, 2.24) is 10.1 Å². The Morgan fingerprint density at radius 1 is 1.30 bits per heavy atom. The van der Waals surface area contributed by atoms with Crippen LogP contribution in [-0.2, 0) is 4.74 Å². The number of rotatable bonds is 7. The smallest absolute Gasteiger partial charge is 0.243 e. The van der Waals surface area contributed by atoms with E-state index in [0.717, 1.165) is 12.8 Å². The second-order valence-corrected chi connectivity index (χ2v) is 5.66. The molecule has 2 atom stereocenters. The molecule has 0 spiro atoms. The third-order valence-electron chi connectivity index (χ3n) is 4.05. The van der Waals surface area contributed by atoms with E-state index in [2.05, 4.69) is 17.1 Å². The third-order valence-corrected chi connectivity index (χ3v) is 4.05. The summed E-state index contributed by atoms with van der Waals surface area (Å²) in [5.74, 6) is 1.74. The first-order valence-electron chi connectivity index (χ1n) is 7.96. The van der Waals surface area contributed by atoms with Gasteiger partial charge in [-0.1, -0.05) is 37.8 Å². The van der Waals surface area contributed by atoms with Crippen molar-refractivity contribution in [2.24, 2.45) is 11.7 Å². The zero-order chi connectivity index (χ0) is 14.4. The standard InChI is InChI=1S/C15H27N3O2/c1-3-8-12(16)15-17-14(18-20-15)13(19-4-2)11-9-6-5-7-10-11/h11-13H,3-10,16H2,1-2H3. The largest absolute Gasteiger partial charge is 0.370 e. The Labute approximate surface area is 121 Å². The fraction of sp³-hybridized carbons (Fsp3) is 0.867. The van der Waals surface area contributed by atoms with Crippen LogP contribution in [0.4, 0.5) is 0 Å². The van der Waals surface area contributed by atoms with E-state index in [1.54, 1.807) is 0 Å². The quantitative estimate of drug-likeness (QED) is 0.827. The summed E-state index contributed by atoms with van der Waals surface area (Å²) in [5, 5.41) is 4.12. The summed E-state index contributed by atoms with van der Waals surface area (Å²) >= 11 is 0. The normalized spacial score (nSPS) is 19.9. The molecule has 20 heavy (non-hydrogen) atoms. The second kappa shape index (κ2) is 7.74. The van der Waals surface area contributed by atoms with Crippen LogP contribution in [0.15, 0.2) is 4.52 Å². The summed E-state index contributed by atoms with van der Waals surface area (Å²) in [4.78, 5) is 4.50. The average molecular weight is 281 g/mol. The monoisotopic (exact) mass is 281 g/mol. The van der Waals surface area contributed by atoms with Crippen LogP contribution in [0.1, 0.15) is 82.7 Å². The molecule has 1 aliphatic rings. The maximum Gasteiger partial charge on any atom is 0.243 e. The predicted octanol–water partition coefficient (Wildman–Crippen LogP) is 3.53. The zero-order valence-electron chi connectivity index (χ0n) is 12.7. The molecular weight excluding hydrogens is 254 g/mol. The highest BCUT2D eigenvalue weighted by Crippen LogP contribution is 2.36. The molecule has 2 N–H and O–H groups in total. The molecule has 1 fully saturated rings. The summed E-state index contributed by atoms with van der Waals surface area (Å²) in [7, 11) is 0. The molecule has 1 heterocycles. The minimum atomic E-state index is -0.158. The van der Waals surface area contributed by atoms with Crippen molar-refractivity contribution in [1.29, 1.82) is 0 Å². The van der Waals surface area contributed by atoms with Gasteiger partial charge in [0.1, 0.15) is 6.10 Å². The lowest BCUT2D eigenvalue weighted by Gasteiger charge is -2.27. The van der Waals surface area contributed by atoms with Crippen LogP contribution in [0.2, 0.25) is 0 Å². The lowest BCUT2D eigenvalue weighted by molar-refractivity contribution is -0.00145. The van der Waals surface area contributed by atoms with Crippen LogP contribution < -0.4 is 5.73 Å². The maximum absolute atomic E-state index is 6.03. The van der Waals surface area contributed by atoms with Gasteiger partial charge in [0.25, 0.3) is 0 Å². The van der Waals surface area contributed by atoms with Crippen molar-refractivity contribution in [3.63, 3.8) is 0 Å². The summed E-state index contributed by atoms with van der Waals surface area (Å²) in [5.41, 5.74) is 6.03. The van der Waals surface area contributed by atoms with Crippen molar-refractivity contribution in [3.05, 3.63) is 11.7 Å². The number of aromatic nitrogens is 2. The molecule has 5 heteroatoms. The highest BCUT2D eigenvalue weighted by molar-refractivity contribution is 4.97. The SMILES string of the molecule is CCCC(N)c1nc(C(OCC)C2CCCCC2)no1. The van der Waals surface area contributed by atoms with Crippen LogP contribution in [0.25, 0.3) is 0 Å². The van der Waals surface area contributed by atoms with E-state index < -0.39 is 0 Å². The highest BCUT2D eigenvalue weighted by atomic mass is 16.5. The fourth-order valence-electron chi connectivity index (χ4n) is 2.99. The van der Waals surface area contributed by atoms with Gasteiger partial charge in [-0.3, -0.25) is 0 Å². The third kappa shape index (κ3) is 3.79. The molecular formula is C15H27N3O2. The zero-order valence-corrected chi connectivity index (χ0v) is 12.7. The van der Waals surface area contributed by atoms with Crippen molar-refractivity contribution < 1.29 is 9.26 Å². The average Bonchev–Trinajstić information content (AvgIpc) is 2.95. The molecule has 114 valence electrons. The Kier molecular flexibility index (Phi) is 5.98. The molecule has 1 aromatic rings. The van der Waals surface area contributed by atoms with E-state index in [4.69, 9.17) is 15.0 Å². The Morgan fingerprint density at radius 3 is 2.70 bits per heavy atom. The van der Waals surface area contributed by atoms with E-state index in [1.807, 2.05) is 6.92 Å². The minimum absolute atomic E-state index is 0.0355. The number of hydrogen-bond acceptors (Lipinski definition) is 5. The number of nitrogens with zero attached hydrogens (tertiary/aromatic N) is 2. The lowest BCUT2D eigenvalue weighted by Crippen LogP contribution is -2.20. The summed E-state index contributed by atoms with van der Waals surface area (Å²) in [6, 6.07) is -0.158. The van der Waals surface area contributed by atoms with E-state index in [-0.39, 0.29) is 12.1 Å². The number of hydrogen-bond donors (Lipinski definition) is 1. The summed E-state index contributed by atoms with van der Waals surface area (Å²) < 4.78 is 11.2. The van der Waals surface area contributed by atoms with Gasteiger partial charge in [-0.25, -0.2) is 0 Å². The van der Waals surface area contributed by atoms with E-state index in [9.17, 15) is 0 Å². The molecule has 0 radical (unpaired) electrons. The van der Waals surface area contributed by atoms with Crippen molar-refractivity contribution in [2.75, 3.05) is 6.61 Å². The molecule has 0 amide bonds. The molecule has 0 aromatic carbocycles. The van der Waals surface area contributed by atoms with Crippen LogP contribution in [0.5, 0.6) is 0 Å². The predicted molar refractivity (Wildman–Crippen MR) is 77.1 cm³/mol. The molecule has 1 aromatic heterocycles. The van der Waals surface area contributed by atoms with Crippen LogP contribution in [0.3, 0.4) is 0 Å². The first-order valence-corrected chi connectivity index (χ1v) is 7.96. The molecule has 0 bridgehead atoms. The van der Waals surface area contributed by atoms with Gasteiger partial charge in [0.2, 0.25) is 11.7 Å². The Balaban J connectivity index is 2.08. The van der Waals surface area contributed by atoms with Crippen LogP contribution >= 0.6 is 0 Å². The fourth-order valence-corrected chi connectivity index (χ4v) is 2.99. The maximum atomic E-state index is 6.03. The van der Waals surface area contributed by atoms with E-state index in [0.29, 0.717) is 24.2 Å². The molecule has 2 unspecified atom stereocenters. The molecule has 0 saturated heterocycles. The molecule has 0 aliphatic heterocycles. The Hall–Kier alpha value is -0.940. The molecule has 5 nitrogen and oxygen atoms in total. The van der Waals surface area contributed by atoms with Crippen LogP contribution in [0, 0.1) is 5.92 Å². The minimum Gasteiger partial charge on any atom is -0.370 e. The molecule has 2 rings (SSSR count). The Bertz CT molecular complexity index is 388. The molecule has 1 saturated carbocycles. The summed E-state index contributed by atoms with van der Waals surface area (Å²) in [6.45, 7) is 4.79. The summed E-state index contributed by atoms with van der Waals surface area (Å²) in [6.07, 6.45) is 8.09. The Morgan fingerprint density at radius 2 is 2.05 bits per heavy atom. The first-order chi connectivity index (χ1) is 9.76. The van der Waals surface area contributed by atoms with Gasteiger partial charge in [0.15, 0.2) is 0 Å². The second-order valence-electron chi connectivity index (χ2n) is 5.66. The van der Waals surface area contributed by atoms with Gasteiger partial charge in [0, 0.05) is 6.61 Å². The number of ether oxygens (including phenoxy) is 1. The van der Waals surface area contributed by atoms with Crippen molar-refractivity contribution in [3.8, 4) is 0 Å². The first kappa shape index (κ1) is 15.4. The van der Waals surface area contributed by atoms with Gasteiger partial charge >= 0.3 is 0 Å². The van der Waals surface area contributed by atoms with E-state index >= 15 is 0 Å². The van der Waals surface area contributed by atoms with Gasteiger partial charge in [-0.2, -0.15) is 4.98 Å². The van der Waals surface area contributed by atoms with Gasteiger partial charge in [0.05, 0.1) is 6.04 Å². The topological polar surface area (TPSA) is 74.2 Å².